The summed E-state index contributed by atoms with van der Waals surface area (Å²) in [7, 11) is 0. The van der Waals surface area contributed by atoms with E-state index in [-0.39, 0.29) is 11.8 Å². The number of nitrogens with one attached hydrogen (secondary N) is 3. The number of hydrogen-bond donors (Lipinski definition) is 3. The van der Waals surface area contributed by atoms with Gasteiger partial charge in [-0.15, -0.1) is 0 Å². The lowest BCUT2D eigenvalue weighted by Crippen LogP contribution is -2.47. The zero-order valence-electron chi connectivity index (χ0n) is 22.1. The van der Waals surface area contributed by atoms with Gasteiger partial charge >= 0.3 is 0 Å². The summed E-state index contributed by atoms with van der Waals surface area (Å²) in [6.45, 7) is 10.1. The van der Waals surface area contributed by atoms with Crippen LogP contribution in [-0.2, 0) is 4.79 Å². The maximum absolute atomic E-state index is 12.7. The van der Waals surface area contributed by atoms with E-state index in [9.17, 15) is 14.4 Å². The van der Waals surface area contributed by atoms with Gasteiger partial charge in [0.25, 0.3) is 11.8 Å². The molecule has 0 radical (unpaired) electrons. The molecule has 0 heterocycles. The first kappa shape index (κ1) is 27.5. The van der Waals surface area contributed by atoms with Crippen LogP contribution in [0.3, 0.4) is 0 Å². The quantitative estimate of drug-likeness (QED) is 0.266. The summed E-state index contributed by atoms with van der Waals surface area (Å²) < 4.78 is 5.89. The minimum absolute atomic E-state index is 0.218. The topological polar surface area (TPSA) is 96.5 Å². The second-order valence-electron chi connectivity index (χ2n) is 9.86. The van der Waals surface area contributed by atoms with Crippen molar-refractivity contribution >= 4 is 23.4 Å². The number of carbonyl (C=O) groups is 3. The fraction of sp³-hybridized carbons (Fsp3) is 0.300. The normalized spacial score (nSPS) is 10.9. The van der Waals surface area contributed by atoms with Crippen molar-refractivity contribution in [1.29, 1.82) is 0 Å². The van der Waals surface area contributed by atoms with Gasteiger partial charge in [-0.05, 0) is 86.7 Å². The molecular formula is C30H35N3O4. The van der Waals surface area contributed by atoms with Crippen LogP contribution >= 0.6 is 0 Å². The van der Waals surface area contributed by atoms with Gasteiger partial charge < -0.3 is 10.1 Å². The average Bonchev–Trinajstić information content (AvgIpc) is 2.87. The van der Waals surface area contributed by atoms with E-state index in [4.69, 9.17) is 4.74 Å². The Morgan fingerprint density at radius 2 is 1.51 bits per heavy atom. The molecule has 3 aromatic carbocycles. The van der Waals surface area contributed by atoms with Crippen molar-refractivity contribution in [2.24, 2.45) is 5.41 Å². The highest BCUT2D eigenvalue weighted by Crippen LogP contribution is 2.24. The Bertz CT molecular complexity index is 1270. The van der Waals surface area contributed by atoms with Gasteiger partial charge in [0.15, 0.2) is 0 Å². The molecule has 3 rings (SSSR count). The van der Waals surface area contributed by atoms with Crippen molar-refractivity contribution in [2.75, 3.05) is 11.9 Å². The van der Waals surface area contributed by atoms with Crippen LogP contribution in [0.1, 0.15) is 64.1 Å². The minimum Gasteiger partial charge on any atom is -0.493 e. The summed E-state index contributed by atoms with van der Waals surface area (Å²) in [5.41, 5.74) is 8.90. The standard InChI is InChI=1S/C30H35N3O4/c1-20-11-12-22(3)26(19-20)37-18-8-17-30(4,5)29(36)33-32-27(34)23-13-15-24(16-14-23)31-28(35)25-10-7-6-9-21(25)2/h6-7,9-16,19H,8,17-18H2,1-5H3,(H,31,35)(H,32,34)(H,33,36). The van der Waals surface area contributed by atoms with E-state index in [1.165, 1.54) is 0 Å². The number of hydrogen-bond acceptors (Lipinski definition) is 4. The lowest BCUT2D eigenvalue weighted by Gasteiger charge is -2.23. The van der Waals surface area contributed by atoms with E-state index >= 15 is 0 Å². The summed E-state index contributed by atoms with van der Waals surface area (Å²) in [6.07, 6.45) is 1.28. The summed E-state index contributed by atoms with van der Waals surface area (Å²) in [6, 6.07) is 19.9. The number of carbonyl (C=O) groups excluding carboxylic acids is 3. The van der Waals surface area contributed by atoms with E-state index in [2.05, 4.69) is 16.2 Å². The third kappa shape index (κ3) is 7.67. The maximum atomic E-state index is 12.7. The number of ether oxygens (including phenoxy) is 1. The van der Waals surface area contributed by atoms with E-state index < -0.39 is 11.3 Å². The first-order valence-electron chi connectivity index (χ1n) is 12.3. The molecule has 0 fully saturated rings. The van der Waals surface area contributed by atoms with Crippen LogP contribution in [0.2, 0.25) is 0 Å². The molecule has 37 heavy (non-hydrogen) atoms. The van der Waals surface area contributed by atoms with E-state index in [1.54, 1.807) is 30.3 Å². The largest absolute Gasteiger partial charge is 0.493 e. The predicted molar refractivity (Wildman–Crippen MR) is 146 cm³/mol. The molecule has 0 aliphatic rings. The van der Waals surface area contributed by atoms with Gasteiger partial charge in [-0.3, -0.25) is 25.2 Å². The van der Waals surface area contributed by atoms with Crippen molar-refractivity contribution in [3.8, 4) is 5.75 Å². The van der Waals surface area contributed by atoms with Crippen molar-refractivity contribution in [2.45, 2.75) is 47.5 Å². The van der Waals surface area contributed by atoms with Crippen LogP contribution in [0, 0.1) is 26.2 Å². The molecule has 3 amide bonds. The lowest BCUT2D eigenvalue weighted by atomic mass is 9.87. The Balaban J connectivity index is 1.45. The molecule has 7 nitrogen and oxygen atoms in total. The second-order valence-corrected chi connectivity index (χ2v) is 9.86. The van der Waals surface area contributed by atoms with Gasteiger partial charge in [-0.2, -0.15) is 0 Å². The summed E-state index contributed by atoms with van der Waals surface area (Å²) in [5.74, 6) is -0.0895. The van der Waals surface area contributed by atoms with Crippen LogP contribution in [0.5, 0.6) is 5.75 Å². The summed E-state index contributed by atoms with van der Waals surface area (Å²) >= 11 is 0. The molecule has 0 aliphatic carbocycles. The van der Waals surface area contributed by atoms with E-state index in [0.717, 1.165) is 22.4 Å². The molecule has 0 saturated carbocycles. The molecule has 0 spiro atoms. The van der Waals surface area contributed by atoms with Gasteiger partial charge in [0.2, 0.25) is 5.91 Å². The smallest absolute Gasteiger partial charge is 0.269 e. The van der Waals surface area contributed by atoms with Crippen molar-refractivity contribution < 1.29 is 19.1 Å². The molecule has 3 aromatic rings. The van der Waals surface area contributed by atoms with Gasteiger partial charge in [-0.1, -0.05) is 44.2 Å². The Morgan fingerprint density at radius 1 is 0.811 bits per heavy atom. The molecule has 0 aliphatic heterocycles. The zero-order chi connectivity index (χ0) is 27.0. The van der Waals surface area contributed by atoms with E-state index in [1.807, 2.05) is 71.0 Å². The highest BCUT2D eigenvalue weighted by Gasteiger charge is 2.27. The van der Waals surface area contributed by atoms with Gasteiger partial charge in [-0.25, -0.2) is 0 Å². The minimum atomic E-state index is -0.692. The fourth-order valence-electron chi connectivity index (χ4n) is 3.76. The molecule has 0 bridgehead atoms. The number of anilines is 1. The van der Waals surface area contributed by atoms with Crippen LogP contribution < -0.4 is 20.9 Å². The van der Waals surface area contributed by atoms with Crippen molar-refractivity contribution in [3.63, 3.8) is 0 Å². The number of hydrazine groups is 1. The molecule has 0 atom stereocenters. The maximum Gasteiger partial charge on any atom is 0.269 e. The molecular weight excluding hydrogens is 466 g/mol. The summed E-state index contributed by atoms with van der Waals surface area (Å²) in [4.78, 5) is 37.7. The number of benzene rings is 3. The third-order valence-corrected chi connectivity index (χ3v) is 6.25. The Labute approximate surface area is 218 Å². The van der Waals surface area contributed by atoms with Crippen molar-refractivity contribution in [1.82, 2.24) is 10.9 Å². The van der Waals surface area contributed by atoms with Gasteiger partial charge in [0.05, 0.1) is 6.61 Å². The average molecular weight is 502 g/mol. The number of rotatable bonds is 9. The Morgan fingerprint density at radius 3 is 2.22 bits per heavy atom. The SMILES string of the molecule is Cc1ccc(C)c(OCCCC(C)(C)C(=O)NNC(=O)c2ccc(NC(=O)c3ccccc3C)cc2)c1. The van der Waals surface area contributed by atoms with Crippen LogP contribution in [0.25, 0.3) is 0 Å². The van der Waals surface area contributed by atoms with Crippen LogP contribution in [0.4, 0.5) is 5.69 Å². The summed E-state index contributed by atoms with van der Waals surface area (Å²) in [5, 5.41) is 2.83. The van der Waals surface area contributed by atoms with Gasteiger partial charge in [0, 0.05) is 22.2 Å². The first-order valence-corrected chi connectivity index (χ1v) is 12.3. The highest BCUT2D eigenvalue weighted by atomic mass is 16.5. The Hall–Kier alpha value is -4.13. The van der Waals surface area contributed by atoms with Crippen LogP contribution in [-0.4, -0.2) is 24.3 Å². The first-order chi connectivity index (χ1) is 17.6. The van der Waals surface area contributed by atoms with Crippen molar-refractivity contribution in [3.05, 3.63) is 94.5 Å². The monoisotopic (exact) mass is 501 g/mol. The molecule has 194 valence electrons. The molecule has 0 saturated heterocycles. The number of amides is 3. The lowest BCUT2D eigenvalue weighted by molar-refractivity contribution is -0.130. The Kier molecular flexibility index (Phi) is 9.06. The highest BCUT2D eigenvalue weighted by molar-refractivity contribution is 6.05. The molecule has 0 aromatic heterocycles. The molecule has 7 heteroatoms. The van der Waals surface area contributed by atoms with Gasteiger partial charge in [0.1, 0.15) is 5.75 Å². The van der Waals surface area contributed by atoms with Crippen LogP contribution in [0.15, 0.2) is 66.7 Å². The number of aryl methyl sites for hydroxylation is 3. The molecule has 3 N–H and O–H groups in total. The third-order valence-electron chi connectivity index (χ3n) is 6.25. The van der Waals surface area contributed by atoms with E-state index in [0.29, 0.717) is 36.3 Å². The fourth-order valence-corrected chi connectivity index (χ4v) is 3.76. The second kappa shape index (κ2) is 12.2. The predicted octanol–water partition coefficient (Wildman–Crippen LogP) is 5.51. The zero-order valence-corrected chi connectivity index (χ0v) is 22.1. The molecule has 0 unspecified atom stereocenters.